The number of rotatable bonds is 4. The van der Waals surface area contributed by atoms with Crippen molar-refractivity contribution in [3.05, 3.63) is 35.4 Å². The van der Waals surface area contributed by atoms with Gasteiger partial charge in [-0.25, -0.2) is 0 Å². The lowest BCUT2D eigenvalue weighted by atomic mass is 10.0. The Morgan fingerprint density at radius 2 is 1.96 bits per heavy atom. The lowest BCUT2D eigenvalue weighted by Crippen LogP contribution is -2.45. The summed E-state index contributed by atoms with van der Waals surface area (Å²) in [5.74, 6) is -0.0875. The summed E-state index contributed by atoms with van der Waals surface area (Å²) in [5.41, 5.74) is 2.32. The molecule has 2 aliphatic rings. The molecule has 23 heavy (non-hydrogen) atoms. The molecule has 0 spiro atoms. The lowest BCUT2D eigenvalue weighted by Gasteiger charge is -2.25. The summed E-state index contributed by atoms with van der Waals surface area (Å²) in [5, 5.41) is 6.40. The molecule has 5 nitrogen and oxygen atoms in total. The predicted molar refractivity (Wildman–Crippen MR) is 88.7 cm³/mol. The van der Waals surface area contributed by atoms with Crippen molar-refractivity contribution in [2.45, 2.75) is 38.8 Å². The highest BCUT2D eigenvalue weighted by molar-refractivity contribution is 5.89. The van der Waals surface area contributed by atoms with Crippen LogP contribution in [-0.4, -0.2) is 42.4 Å². The fourth-order valence-corrected chi connectivity index (χ4v) is 3.30. The molecule has 1 aromatic rings. The van der Waals surface area contributed by atoms with Crippen LogP contribution in [0, 0.1) is 12.8 Å². The number of nitrogens with one attached hydrogen (secondary N) is 2. The standard InChI is InChI=1S/C18H25N3O2/c1-13-2-4-14(5-3-13)11-21-12-15(10-17(21)22)18(23)20-16-6-8-19-9-7-16/h2-5,15-16,19H,6-12H2,1H3,(H,20,23). The second kappa shape index (κ2) is 7.13. The molecule has 0 aliphatic carbocycles. The van der Waals surface area contributed by atoms with Crippen molar-refractivity contribution in [1.29, 1.82) is 0 Å². The first-order valence-corrected chi connectivity index (χ1v) is 8.46. The fourth-order valence-electron chi connectivity index (χ4n) is 3.30. The van der Waals surface area contributed by atoms with E-state index in [-0.39, 0.29) is 23.8 Å². The quantitative estimate of drug-likeness (QED) is 0.878. The molecule has 3 rings (SSSR count). The molecule has 1 aromatic carbocycles. The Kier molecular flexibility index (Phi) is 4.96. The van der Waals surface area contributed by atoms with E-state index in [2.05, 4.69) is 22.8 Å². The van der Waals surface area contributed by atoms with Gasteiger partial charge in [0.2, 0.25) is 11.8 Å². The van der Waals surface area contributed by atoms with Gasteiger partial charge in [0, 0.05) is 25.6 Å². The van der Waals surface area contributed by atoms with E-state index >= 15 is 0 Å². The zero-order valence-corrected chi connectivity index (χ0v) is 13.7. The summed E-state index contributed by atoms with van der Waals surface area (Å²) in [6.45, 7) is 5.08. The highest BCUT2D eigenvalue weighted by atomic mass is 16.2. The molecule has 2 amide bonds. The number of likely N-dealkylation sites (tertiary alicyclic amines) is 1. The van der Waals surface area contributed by atoms with Crippen molar-refractivity contribution >= 4 is 11.8 Å². The van der Waals surface area contributed by atoms with Crippen molar-refractivity contribution in [2.24, 2.45) is 5.92 Å². The number of nitrogens with zero attached hydrogens (tertiary/aromatic N) is 1. The largest absolute Gasteiger partial charge is 0.353 e. The van der Waals surface area contributed by atoms with Gasteiger partial charge in [-0.15, -0.1) is 0 Å². The van der Waals surface area contributed by atoms with E-state index in [4.69, 9.17) is 0 Å². The van der Waals surface area contributed by atoms with Crippen molar-refractivity contribution in [2.75, 3.05) is 19.6 Å². The molecule has 0 saturated carbocycles. The zero-order valence-electron chi connectivity index (χ0n) is 13.7. The number of aryl methyl sites for hydroxylation is 1. The topological polar surface area (TPSA) is 61.4 Å². The van der Waals surface area contributed by atoms with Crippen molar-refractivity contribution in [3.63, 3.8) is 0 Å². The van der Waals surface area contributed by atoms with Gasteiger partial charge in [0.25, 0.3) is 0 Å². The van der Waals surface area contributed by atoms with Gasteiger partial charge in [-0.1, -0.05) is 29.8 Å². The minimum atomic E-state index is -0.206. The maximum Gasteiger partial charge on any atom is 0.225 e. The SMILES string of the molecule is Cc1ccc(CN2CC(C(=O)NC3CCNCC3)CC2=O)cc1. The lowest BCUT2D eigenvalue weighted by molar-refractivity contribution is -0.129. The van der Waals surface area contributed by atoms with Crippen LogP contribution in [0.5, 0.6) is 0 Å². The second-order valence-corrected chi connectivity index (χ2v) is 6.69. The van der Waals surface area contributed by atoms with Crippen molar-refractivity contribution in [3.8, 4) is 0 Å². The van der Waals surface area contributed by atoms with Crippen LogP contribution < -0.4 is 10.6 Å². The molecule has 0 radical (unpaired) electrons. The molecule has 1 atom stereocenters. The van der Waals surface area contributed by atoms with Gasteiger partial charge in [0.05, 0.1) is 5.92 Å². The Hall–Kier alpha value is -1.88. The Morgan fingerprint density at radius 1 is 1.26 bits per heavy atom. The molecule has 2 heterocycles. The van der Waals surface area contributed by atoms with Crippen LogP contribution in [0.4, 0.5) is 0 Å². The minimum Gasteiger partial charge on any atom is -0.353 e. The van der Waals surface area contributed by atoms with Crippen molar-refractivity contribution < 1.29 is 9.59 Å². The van der Waals surface area contributed by atoms with Gasteiger partial charge >= 0.3 is 0 Å². The number of carbonyl (C=O) groups excluding carboxylic acids is 2. The van der Waals surface area contributed by atoms with Gasteiger partial charge < -0.3 is 15.5 Å². The maximum atomic E-state index is 12.4. The zero-order chi connectivity index (χ0) is 16.2. The first-order valence-electron chi connectivity index (χ1n) is 8.46. The van der Waals surface area contributed by atoms with Crippen LogP contribution in [0.15, 0.2) is 24.3 Å². The highest BCUT2D eigenvalue weighted by Gasteiger charge is 2.35. The Bertz CT molecular complexity index is 564. The van der Waals surface area contributed by atoms with E-state index < -0.39 is 0 Å². The molecule has 2 saturated heterocycles. The van der Waals surface area contributed by atoms with Crippen LogP contribution in [0.3, 0.4) is 0 Å². The van der Waals surface area contributed by atoms with Crippen molar-refractivity contribution in [1.82, 2.24) is 15.5 Å². The van der Waals surface area contributed by atoms with Crippen LogP contribution in [0.1, 0.15) is 30.4 Å². The van der Waals surface area contributed by atoms with Gasteiger partial charge in [-0.05, 0) is 38.4 Å². The molecular formula is C18H25N3O2. The van der Waals surface area contributed by atoms with Gasteiger partial charge in [0.1, 0.15) is 0 Å². The van der Waals surface area contributed by atoms with Gasteiger partial charge in [-0.3, -0.25) is 9.59 Å². The molecule has 5 heteroatoms. The Morgan fingerprint density at radius 3 is 2.65 bits per heavy atom. The van der Waals surface area contributed by atoms with E-state index in [1.54, 1.807) is 4.90 Å². The average Bonchev–Trinajstić information content (AvgIpc) is 2.92. The van der Waals surface area contributed by atoms with E-state index in [0.717, 1.165) is 31.5 Å². The molecule has 0 aromatic heterocycles. The van der Waals surface area contributed by atoms with E-state index in [1.807, 2.05) is 19.1 Å². The average molecular weight is 315 g/mol. The van der Waals surface area contributed by atoms with Crippen LogP contribution in [0.2, 0.25) is 0 Å². The number of piperidine rings is 1. The third-order valence-electron chi connectivity index (χ3n) is 4.76. The summed E-state index contributed by atoms with van der Waals surface area (Å²) in [4.78, 5) is 26.4. The minimum absolute atomic E-state index is 0.0386. The van der Waals surface area contributed by atoms with Gasteiger partial charge in [-0.2, -0.15) is 0 Å². The first-order chi connectivity index (χ1) is 11.1. The summed E-state index contributed by atoms with van der Waals surface area (Å²) >= 11 is 0. The number of benzene rings is 1. The fraction of sp³-hybridized carbons (Fsp3) is 0.556. The Labute approximate surface area is 137 Å². The summed E-state index contributed by atoms with van der Waals surface area (Å²) in [7, 11) is 0. The number of amides is 2. The predicted octanol–water partition coefficient (Wildman–Crippen LogP) is 1.21. The molecular weight excluding hydrogens is 290 g/mol. The van der Waals surface area contributed by atoms with E-state index in [9.17, 15) is 9.59 Å². The molecule has 1 unspecified atom stereocenters. The summed E-state index contributed by atoms with van der Waals surface area (Å²) in [6, 6.07) is 8.45. The summed E-state index contributed by atoms with van der Waals surface area (Å²) < 4.78 is 0. The molecule has 2 fully saturated rings. The monoisotopic (exact) mass is 315 g/mol. The van der Waals surface area contributed by atoms with Crippen LogP contribution >= 0.6 is 0 Å². The molecule has 0 bridgehead atoms. The molecule has 2 N–H and O–H groups in total. The number of carbonyl (C=O) groups is 2. The number of hydrogen-bond donors (Lipinski definition) is 2. The van der Waals surface area contributed by atoms with Gasteiger partial charge in [0.15, 0.2) is 0 Å². The maximum absolute atomic E-state index is 12.4. The smallest absolute Gasteiger partial charge is 0.225 e. The summed E-state index contributed by atoms with van der Waals surface area (Å²) in [6.07, 6.45) is 2.28. The Balaban J connectivity index is 1.54. The second-order valence-electron chi connectivity index (χ2n) is 6.69. The number of hydrogen-bond acceptors (Lipinski definition) is 3. The van der Waals surface area contributed by atoms with E-state index in [0.29, 0.717) is 19.5 Å². The molecule has 2 aliphatic heterocycles. The first kappa shape index (κ1) is 16.0. The third-order valence-corrected chi connectivity index (χ3v) is 4.76. The molecule has 124 valence electrons. The normalized spacial score (nSPS) is 22.4. The third kappa shape index (κ3) is 4.10. The van der Waals surface area contributed by atoms with Crippen LogP contribution in [-0.2, 0) is 16.1 Å². The van der Waals surface area contributed by atoms with Crippen LogP contribution in [0.25, 0.3) is 0 Å². The van der Waals surface area contributed by atoms with E-state index in [1.165, 1.54) is 5.56 Å². The highest BCUT2D eigenvalue weighted by Crippen LogP contribution is 2.21.